The molecule has 0 fully saturated rings. The molecule has 0 aliphatic rings. The highest BCUT2D eigenvalue weighted by atomic mass is 32.2. The van der Waals surface area contributed by atoms with E-state index >= 15 is 0 Å². The number of carbonyl (C=O) groups excluding carboxylic acids is 4. The van der Waals surface area contributed by atoms with E-state index in [-0.39, 0.29) is 62.2 Å². The van der Waals surface area contributed by atoms with Crippen LogP contribution in [0.2, 0.25) is 0 Å². The molecule has 47 heavy (non-hydrogen) atoms. The van der Waals surface area contributed by atoms with E-state index in [9.17, 15) is 19.2 Å². The Morgan fingerprint density at radius 3 is 1.40 bits per heavy atom. The van der Waals surface area contributed by atoms with E-state index in [1.807, 2.05) is 0 Å². The van der Waals surface area contributed by atoms with E-state index < -0.39 is 23.8 Å². The highest BCUT2D eigenvalue weighted by Gasteiger charge is 2.19. The Hall–Kier alpha value is -5.47. The summed E-state index contributed by atoms with van der Waals surface area (Å²) in [5.74, 6) is -1.14. The fraction of sp³-hybridized carbons (Fsp3) is 0.214. The monoisotopic (exact) mass is 666 g/mol. The third-order valence-electron chi connectivity index (χ3n) is 5.63. The summed E-state index contributed by atoms with van der Waals surface area (Å²) in [6, 6.07) is 13.0. The van der Waals surface area contributed by atoms with Gasteiger partial charge in [-0.15, -0.1) is 10.2 Å². The summed E-state index contributed by atoms with van der Waals surface area (Å²) in [5, 5.41) is 39.2. The lowest BCUT2D eigenvalue weighted by Crippen LogP contribution is -2.23. The van der Waals surface area contributed by atoms with Gasteiger partial charge in [0, 0.05) is 20.9 Å². The van der Waals surface area contributed by atoms with Crippen molar-refractivity contribution in [1.82, 2.24) is 30.0 Å². The van der Waals surface area contributed by atoms with Crippen molar-refractivity contribution in [2.24, 2.45) is 10.3 Å². The minimum atomic E-state index is -0.987. The predicted molar refractivity (Wildman–Crippen MR) is 160 cm³/mol. The Morgan fingerprint density at radius 1 is 0.660 bits per heavy atom. The fourth-order valence-electron chi connectivity index (χ4n) is 3.43. The number of hydrogen-bond donors (Lipinski definition) is 2. The van der Waals surface area contributed by atoms with E-state index in [1.165, 1.54) is 36.5 Å². The van der Waals surface area contributed by atoms with E-state index in [0.29, 0.717) is 0 Å². The van der Waals surface area contributed by atoms with Gasteiger partial charge in [0.25, 0.3) is 0 Å². The van der Waals surface area contributed by atoms with Crippen molar-refractivity contribution in [3.05, 3.63) is 84.4 Å². The molecule has 0 saturated carbocycles. The molecule has 0 radical (unpaired) electrons. The Balaban J connectivity index is 1.40. The minimum absolute atomic E-state index is 0.0631. The average Bonchev–Trinajstić information content (AvgIpc) is 3.84. The Labute approximate surface area is 269 Å². The third-order valence-corrected chi connectivity index (χ3v) is 6.64. The molecule has 18 nitrogen and oxygen atoms in total. The Bertz CT molecular complexity index is 1570. The van der Waals surface area contributed by atoms with Crippen LogP contribution in [0.4, 0.5) is 9.59 Å². The first-order valence-corrected chi connectivity index (χ1v) is 14.3. The molecule has 0 aliphatic carbocycles. The number of ketones is 2. The number of hydrogen-bond acceptors (Lipinski definition) is 17. The number of aliphatic hydroxyl groups excluding tert-OH is 2. The molecule has 2 heterocycles. The zero-order valence-electron chi connectivity index (χ0n) is 24.3. The number of carbonyl (C=O) groups is 4. The molecule has 4 aromatic rings. The summed E-state index contributed by atoms with van der Waals surface area (Å²) in [7, 11) is 0. The molecule has 19 heteroatoms. The molecule has 0 saturated heterocycles. The smallest absolute Gasteiger partial charge is 0.394 e. The number of benzene rings is 2. The number of aliphatic hydroxyl groups is 2. The number of Topliss-reactive ketones (excluding diaryl/α,β-unsaturated/α-hetero) is 2. The Morgan fingerprint density at radius 2 is 1.06 bits per heavy atom. The van der Waals surface area contributed by atoms with Crippen molar-refractivity contribution in [3.8, 4) is 0 Å². The fourth-order valence-corrected chi connectivity index (χ4v) is 4.25. The summed E-state index contributed by atoms with van der Waals surface area (Å²) in [5.41, 5.74) is 0.0345. The number of nitrogens with zero attached hydrogens (tertiary/aromatic N) is 8. The summed E-state index contributed by atoms with van der Waals surface area (Å²) >= 11 is 1.35. The van der Waals surface area contributed by atoms with Crippen LogP contribution in [0.3, 0.4) is 0 Å². The van der Waals surface area contributed by atoms with Gasteiger partial charge in [0.2, 0.25) is 11.6 Å². The molecular weight excluding hydrogens is 640 g/mol. The van der Waals surface area contributed by atoms with Gasteiger partial charge in [-0.2, -0.15) is 9.36 Å². The van der Waals surface area contributed by atoms with Crippen molar-refractivity contribution in [3.63, 3.8) is 0 Å². The molecule has 244 valence electrons. The van der Waals surface area contributed by atoms with Gasteiger partial charge in [-0.05, 0) is 48.5 Å². The van der Waals surface area contributed by atoms with Crippen LogP contribution in [0.1, 0.15) is 20.7 Å². The maximum Gasteiger partial charge on any atom is 0.462 e. The van der Waals surface area contributed by atoms with Gasteiger partial charge in [0.15, 0.2) is 11.4 Å². The average molecular weight is 667 g/mol. The molecule has 2 aromatic carbocycles. The van der Waals surface area contributed by atoms with Crippen molar-refractivity contribution in [1.29, 1.82) is 0 Å². The van der Waals surface area contributed by atoms with Gasteiger partial charge in [0.1, 0.15) is 0 Å². The van der Waals surface area contributed by atoms with Crippen molar-refractivity contribution < 1.29 is 48.5 Å². The van der Waals surface area contributed by atoms with Crippen molar-refractivity contribution in [2.75, 3.05) is 39.6 Å². The van der Waals surface area contributed by atoms with Gasteiger partial charge in [-0.25, -0.2) is 9.59 Å². The first kappa shape index (κ1) is 34.4. The van der Waals surface area contributed by atoms with Crippen molar-refractivity contribution >= 4 is 46.9 Å². The second kappa shape index (κ2) is 17.9. The maximum atomic E-state index is 13.1. The number of rotatable bonds is 16. The second-order valence-corrected chi connectivity index (χ2v) is 9.99. The van der Waals surface area contributed by atoms with Crippen molar-refractivity contribution in [2.45, 2.75) is 9.79 Å². The Kier molecular flexibility index (Phi) is 13.1. The lowest BCUT2D eigenvalue weighted by atomic mass is 10.1. The second-order valence-electron chi connectivity index (χ2n) is 8.85. The van der Waals surface area contributed by atoms with E-state index in [2.05, 4.69) is 30.9 Å². The topological polar surface area (TPSA) is 232 Å². The lowest BCUT2D eigenvalue weighted by Gasteiger charge is -2.08. The third kappa shape index (κ3) is 10.3. The standard InChI is InChI=1S/C28H26N8O10S/c37-13-15-43-17-23(31-45-27(41)35-11-9-29-33-35)25(39)19-1-5-21(6-2-19)47-22-7-3-20(4-8-22)26(40)24(18-44-16-14-38)32-46-28(42)36-12-10-30-34-36/h1-12,37-38H,13-18H2/b31-23+,32-24+. The normalized spacial score (nSPS) is 11.7. The van der Waals surface area contributed by atoms with Gasteiger partial charge < -0.3 is 19.7 Å². The van der Waals surface area contributed by atoms with Crippen LogP contribution in [-0.2, 0) is 19.1 Å². The van der Waals surface area contributed by atoms with Gasteiger partial charge in [-0.3, -0.25) is 19.3 Å². The molecule has 0 aliphatic heterocycles. The summed E-state index contributed by atoms with van der Waals surface area (Å²) in [6.07, 6.45) is 3.05. The molecule has 0 bridgehead atoms. The SMILES string of the molecule is O=C(/C(COCCO)=N/OC(=O)n1ccnn1)c1ccc(Sc2ccc(C(=O)/C(COCCO)=N/OC(=O)n3ccnn3)cc2)cc1. The molecule has 2 aromatic heterocycles. The van der Waals surface area contributed by atoms with Crippen LogP contribution in [0.5, 0.6) is 0 Å². The van der Waals surface area contributed by atoms with E-state index in [1.54, 1.807) is 48.5 Å². The summed E-state index contributed by atoms with van der Waals surface area (Å²) < 4.78 is 12.0. The predicted octanol–water partition coefficient (Wildman–Crippen LogP) is 1.49. The molecular formula is C28H26N8O10S. The molecule has 0 unspecified atom stereocenters. The maximum absolute atomic E-state index is 13.1. The van der Waals surface area contributed by atoms with Gasteiger partial charge in [-0.1, -0.05) is 32.5 Å². The summed E-state index contributed by atoms with van der Waals surface area (Å²) in [6.45, 7) is -1.34. The molecule has 0 amide bonds. The number of aromatic nitrogens is 6. The molecule has 0 spiro atoms. The van der Waals surface area contributed by atoms with Crippen LogP contribution in [0.25, 0.3) is 0 Å². The summed E-state index contributed by atoms with van der Waals surface area (Å²) in [4.78, 5) is 61.3. The van der Waals surface area contributed by atoms with Crippen LogP contribution >= 0.6 is 11.8 Å². The van der Waals surface area contributed by atoms with Crippen LogP contribution in [0.15, 0.2) is 93.4 Å². The zero-order valence-corrected chi connectivity index (χ0v) is 25.1. The molecule has 0 atom stereocenters. The number of oxime groups is 2. The van der Waals surface area contributed by atoms with Crippen LogP contribution < -0.4 is 0 Å². The van der Waals surface area contributed by atoms with Crippen LogP contribution in [-0.4, -0.2) is 115 Å². The van der Waals surface area contributed by atoms with Gasteiger partial charge >= 0.3 is 12.2 Å². The highest BCUT2D eigenvalue weighted by molar-refractivity contribution is 7.99. The van der Waals surface area contributed by atoms with E-state index in [0.717, 1.165) is 19.2 Å². The number of ether oxygens (including phenoxy) is 2. The zero-order chi connectivity index (χ0) is 33.4. The molecule has 2 N–H and O–H groups in total. The lowest BCUT2D eigenvalue weighted by molar-refractivity contribution is 0.0976. The highest BCUT2D eigenvalue weighted by Crippen LogP contribution is 2.28. The largest absolute Gasteiger partial charge is 0.462 e. The van der Waals surface area contributed by atoms with Crippen LogP contribution in [0, 0.1) is 0 Å². The van der Waals surface area contributed by atoms with E-state index in [4.69, 9.17) is 29.4 Å². The van der Waals surface area contributed by atoms with Gasteiger partial charge in [0.05, 0.1) is 64.4 Å². The quantitative estimate of drug-likeness (QED) is 0.0567. The first-order valence-electron chi connectivity index (χ1n) is 13.5. The minimum Gasteiger partial charge on any atom is -0.394 e. The molecule has 4 rings (SSSR count). The first-order chi connectivity index (χ1) is 22.9.